The molecular weight excluding hydrogens is 325 g/mol. The highest BCUT2D eigenvalue weighted by molar-refractivity contribution is 6.39. The molecule has 2 rings (SSSR count). The number of halogens is 3. The van der Waals surface area contributed by atoms with E-state index in [0.29, 0.717) is 25.9 Å². The first-order chi connectivity index (χ1) is 11.2. The van der Waals surface area contributed by atoms with Crippen LogP contribution in [0, 0.1) is 12.8 Å². The molecule has 0 spiro atoms. The molecule has 1 aliphatic heterocycles. The molecule has 1 aliphatic rings. The number of anilines is 1. The molecule has 132 valence electrons. The van der Waals surface area contributed by atoms with E-state index in [1.165, 1.54) is 24.0 Å². The van der Waals surface area contributed by atoms with Crippen molar-refractivity contribution in [1.29, 1.82) is 0 Å². The van der Waals surface area contributed by atoms with E-state index >= 15 is 0 Å². The van der Waals surface area contributed by atoms with Gasteiger partial charge in [0, 0.05) is 25.4 Å². The number of rotatable bonds is 2. The third-order valence-electron chi connectivity index (χ3n) is 4.16. The van der Waals surface area contributed by atoms with E-state index in [2.05, 4.69) is 5.32 Å². The fourth-order valence-corrected chi connectivity index (χ4v) is 2.65. The number of aliphatic hydroxyl groups excluding tert-OH is 1. The quantitative estimate of drug-likeness (QED) is 0.808. The molecule has 2 N–H and O–H groups in total. The number of aryl methyl sites for hydroxylation is 1. The van der Waals surface area contributed by atoms with Crippen LogP contribution in [0.15, 0.2) is 18.2 Å². The minimum absolute atomic E-state index is 0.0395. The van der Waals surface area contributed by atoms with Crippen molar-refractivity contribution in [3.63, 3.8) is 0 Å². The minimum atomic E-state index is -4.53. The van der Waals surface area contributed by atoms with Crippen LogP contribution in [0.25, 0.3) is 0 Å². The summed E-state index contributed by atoms with van der Waals surface area (Å²) in [5, 5.41) is 11.3. The summed E-state index contributed by atoms with van der Waals surface area (Å²) in [4.78, 5) is 25.4. The molecule has 8 heteroatoms. The average molecular weight is 344 g/mol. The van der Waals surface area contributed by atoms with E-state index in [9.17, 15) is 22.8 Å². The number of hydrogen-bond donors (Lipinski definition) is 2. The summed E-state index contributed by atoms with van der Waals surface area (Å²) in [5.74, 6) is -1.63. The van der Waals surface area contributed by atoms with E-state index in [-0.39, 0.29) is 23.8 Å². The van der Waals surface area contributed by atoms with Gasteiger partial charge in [-0.1, -0.05) is 6.07 Å². The van der Waals surface area contributed by atoms with Gasteiger partial charge in [-0.2, -0.15) is 13.2 Å². The summed E-state index contributed by atoms with van der Waals surface area (Å²) in [5.41, 5.74) is -0.883. The van der Waals surface area contributed by atoms with Crippen molar-refractivity contribution >= 4 is 17.5 Å². The van der Waals surface area contributed by atoms with Crippen LogP contribution in [0.4, 0.5) is 18.9 Å². The van der Waals surface area contributed by atoms with Crippen LogP contribution in [-0.2, 0) is 15.8 Å². The van der Waals surface area contributed by atoms with E-state index in [0.717, 1.165) is 6.07 Å². The Kier molecular flexibility index (Phi) is 5.48. The number of benzene rings is 1. The van der Waals surface area contributed by atoms with Crippen molar-refractivity contribution in [2.24, 2.45) is 5.92 Å². The molecule has 0 atom stereocenters. The van der Waals surface area contributed by atoms with Crippen molar-refractivity contribution < 1.29 is 27.9 Å². The standard InChI is InChI=1S/C16H19F3N2O3/c1-10-2-3-12(8-13(10)16(17,18)19)20-14(23)15(24)21-6-4-11(9-22)5-7-21/h2-3,8,11,22H,4-7,9H2,1H3,(H,20,23). The zero-order valence-electron chi connectivity index (χ0n) is 13.2. The summed E-state index contributed by atoms with van der Waals surface area (Å²) in [7, 11) is 0. The molecule has 1 heterocycles. The number of nitrogens with zero attached hydrogens (tertiary/aromatic N) is 1. The predicted octanol–water partition coefficient (Wildman–Crippen LogP) is 2.18. The lowest BCUT2D eigenvalue weighted by atomic mass is 9.98. The monoisotopic (exact) mass is 344 g/mol. The molecule has 5 nitrogen and oxygen atoms in total. The number of amides is 2. The maximum absolute atomic E-state index is 12.9. The van der Waals surface area contributed by atoms with Gasteiger partial charge in [0.2, 0.25) is 0 Å². The van der Waals surface area contributed by atoms with Gasteiger partial charge < -0.3 is 15.3 Å². The topological polar surface area (TPSA) is 69.6 Å². The third kappa shape index (κ3) is 4.25. The molecule has 0 aromatic heterocycles. The zero-order valence-corrected chi connectivity index (χ0v) is 13.2. The maximum Gasteiger partial charge on any atom is 0.416 e. The van der Waals surface area contributed by atoms with Gasteiger partial charge in [0.15, 0.2) is 0 Å². The summed E-state index contributed by atoms with van der Waals surface area (Å²) in [6.45, 7) is 2.06. The van der Waals surface area contributed by atoms with Crippen molar-refractivity contribution in [2.45, 2.75) is 25.9 Å². The van der Waals surface area contributed by atoms with Gasteiger partial charge in [-0.25, -0.2) is 0 Å². The molecule has 0 saturated carbocycles. The summed E-state index contributed by atoms with van der Waals surface area (Å²) in [6, 6.07) is 3.39. The predicted molar refractivity (Wildman–Crippen MR) is 81.2 cm³/mol. The smallest absolute Gasteiger partial charge is 0.396 e. The van der Waals surface area contributed by atoms with Crippen molar-refractivity contribution in [3.8, 4) is 0 Å². The summed E-state index contributed by atoms with van der Waals surface area (Å²) >= 11 is 0. The zero-order chi connectivity index (χ0) is 17.9. The number of piperidine rings is 1. The largest absolute Gasteiger partial charge is 0.416 e. The Morgan fingerprint density at radius 3 is 2.46 bits per heavy atom. The highest BCUT2D eigenvalue weighted by atomic mass is 19.4. The minimum Gasteiger partial charge on any atom is -0.396 e. The number of likely N-dealkylation sites (tertiary alicyclic amines) is 1. The summed E-state index contributed by atoms with van der Waals surface area (Å²) in [6.07, 6.45) is -3.34. The van der Waals surface area contributed by atoms with Crippen LogP contribution in [0.3, 0.4) is 0 Å². The second-order valence-corrected chi connectivity index (χ2v) is 5.90. The lowest BCUT2D eigenvalue weighted by Crippen LogP contribution is -2.44. The van der Waals surface area contributed by atoms with Gasteiger partial charge >= 0.3 is 18.0 Å². The van der Waals surface area contributed by atoms with E-state index in [1.807, 2.05) is 0 Å². The first-order valence-corrected chi connectivity index (χ1v) is 7.61. The molecule has 0 bridgehead atoms. The van der Waals surface area contributed by atoms with Crippen molar-refractivity contribution in [1.82, 2.24) is 4.90 Å². The van der Waals surface area contributed by atoms with Crippen LogP contribution in [-0.4, -0.2) is 41.5 Å². The lowest BCUT2D eigenvalue weighted by molar-refractivity contribution is -0.144. The van der Waals surface area contributed by atoms with Crippen molar-refractivity contribution in [3.05, 3.63) is 29.3 Å². The second kappa shape index (κ2) is 7.21. The summed E-state index contributed by atoms with van der Waals surface area (Å²) < 4.78 is 38.6. The van der Waals surface area contributed by atoms with Gasteiger partial charge in [-0.15, -0.1) is 0 Å². The van der Waals surface area contributed by atoms with Crippen LogP contribution in [0.1, 0.15) is 24.0 Å². The number of hydrogen-bond acceptors (Lipinski definition) is 3. The van der Waals surface area contributed by atoms with E-state index in [4.69, 9.17) is 5.11 Å². The molecular formula is C16H19F3N2O3. The molecule has 1 fully saturated rings. The van der Waals surface area contributed by atoms with E-state index in [1.54, 1.807) is 0 Å². The normalized spacial score (nSPS) is 16.1. The fraction of sp³-hybridized carbons (Fsp3) is 0.500. The van der Waals surface area contributed by atoms with Crippen LogP contribution in [0.5, 0.6) is 0 Å². The molecule has 2 amide bonds. The fourth-order valence-electron chi connectivity index (χ4n) is 2.65. The van der Waals surface area contributed by atoms with Crippen molar-refractivity contribution in [2.75, 3.05) is 25.0 Å². The molecule has 0 unspecified atom stereocenters. The molecule has 1 aromatic carbocycles. The lowest BCUT2D eigenvalue weighted by Gasteiger charge is -2.30. The molecule has 24 heavy (non-hydrogen) atoms. The number of carbonyl (C=O) groups excluding carboxylic acids is 2. The van der Waals surface area contributed by atoms with Gasteiger partial charge in [-0.3, -0.25) is 9.59 Å². The van der Waals surface area contributed by atoms with Gasteiger partial charge in [-0.05, 0) is 43.4 Å². The van der Waals surface area contributed by atoms with Crippen LogP contribution in [0.2, 0.25) is 0 Å². The Hall–Kier alpha value is -2.09. The van der Waals surface area contributed by atoms with Gasteiger partial charge in [0.1, 0.15) is 0 Å². The molecule has 0 radical (unpaired) electrons. The Morgan fingerprint density at radius 1 is 1.29 bits per heavy atom. The highest BCUT2D eigenvalue weighted by Gasteiger charge is 2.33. The van der Waals surface area contributed by atoms with Crippen LogP contribution < -0.4 is 5.32 Å². The Labute approximate surface area is 137 Å². The number of nitrogens with one attached hydrogen (secondary N) is 1. The Bertz CT molecular complexity index is 623. The SMILES string of the molecule is Cc1ccc(NC(=O)C(=O)N2CCC(CO)CC2)cc1C(F)(F)F. The molecule has 0 aliphatic carbocycles. The Balaban J connectivity index is 2.03. The Morgan fingerprint density at radius 2 is 1.92 bits per heavy atom. The van der Waals surface area contributed by atoms with Gasteiger partial charge in [0.25, 0.3) is 0 Å². The number of aliphatic hydroxyl groups is 1. The first kappa shape index (κ1) is 18.3. The third-order valence-corrected chi connectivity index (χ3v) is 4.16. The average Bonchev–Trinajstić information content (AvgIpc) is 2.55. The van der Waals surface area contributed by atoms with E-state index < -0.39 is 23.6 Å². The highest BCUT2D eigenvalue weighted by Crippen LogP contribution is 2.33. The van der Waals surface area contributed by atoms with Gasteiger partial charge in [0.05, 0.1) is 5.56 Å². The maximum atomic E-state index is 12.9. The number of carbonyl (C=O) groups is 2. The first-order valence-electron chi connectivity index (χ1n) is 7.61. The second-order valence-electron chi connectivity index (χ2n) is 5.90. The molecule has 1 saturated heterocycles. The van der Waals surface area contributed by atoms with Crippen LogP contribution >= 0.6 is 0 Å². The number of alkyl halides is 3. The molecule has 1 aromatic rings.